The third-order valence-corrected chi connectivity index (χ3v) is 4.63. The van der Waals surface area contributed by atoms with Gasteiger partial charge in [-0.15, -0.1) is 0 Å². The lowest BCUT2D eigenvalue weighted by Gasteiger charge is -2.41. The Hall–Kier alpha value is -1.96. The zero-order valence-corrected chi connectivity index (χ0v) is 13.0. The van der Waals surface area contributed by atoms with Gasteiger partial charge in [-0.3, -0.25) is 0 Å². The van der Waals surface area contributed by atoms with Crippen LogP contribution in [0.4, 0.5) is 5.69 Å². The molecule has 0 bridgehead atoms. The molecular weight excluding hydrogens is 258 g/mol. The number of para-hydroxylation sites is 1. The molecule has 0 amide bonds. The van der Waals surface area contributed by atoms with Crippen molar-refractivity contribution in [3.8, 4) is 5.75 Å². The van der Waals surface area contributed by atoms with E-state index in [2.05, 4.69) is 56.0 Å². The maximum Gasteiger partial charge on any atom is 0.120 e. The highest BCUT2D eigenvalue weighted by atomic mass is 16.3. The zero-order chi connectivity index (χ0) is 15.0. The molecular formula is C19H23NO. The summed E-state index contributed by atoms with van der Waals surface area (Å²) in [6, 6.07) is 15.2. The van der Waals surface area contributed by atoms with Gasteiger partial charge < -0.3 is 10.0 Å². The Bertz CT molecular complexity index is 650. The van der Waals surface area contributed by atoms with Crippen molar-refractivity contribution in [2.75, 3.05) is 4.90 Å². The first-order valence-electron chi connectivity index (χ1n) is 7.73. The third-order valence-electron chi connectivity index (χ3n) is 4.63. The summed E-state index contributed by atoms with van der Waals surface area (Å²) in [5.41, 5.74) is 4.92. The lowest BCUT2D eigenvalue weighted by atomic mass is 9.92. The van der Waals surface area contributed by atoms with Crippen LogP contribution >= 0.6 is 0 Å². The molecule has 0 spiro atoms. The number of hydrogen-bond donors (Lipinski definition) is 1. The van der Waals surface area contributed by atoms with Crippen LogP contribution in [-0.2, 0) is 6.42 Å². The van der Waals surface area contributed by atoms with E-state index >= 15 is 0 Å². The second-order valence-corrected chi connectivity index (χ2v) is 6.16. The molecule has 2 atom stereocenters. The molecule has 110 valence electrons. The van der Waals surface area contributed by atoms with Crippen LogP contribution in [0.25, 0.3) is 0 Å². The fourth-order valence-electron chi connectivity index (χ4n) is 3.46. The molecule has 2 nitrogen and oxygen atoms in total. The molecule has 2 aromatic rings. The summed E-state index contributed by atoms with van der Waals surface area (Å²) < 4.78 is 0. The Kier molecular flexibility index (Phi) is 3.62. The number of aromatic hydroxyl groups is 1. The number of nitrogens with zero attached hydrogens (tertiary/aromatic N) is 1. The predicted octanol–water partition coefficient (Wildman–Crippen LogP) is 4.60. The Labute approximate surface area is 127 Å². The van der Waals surface area contributed by atoms with Crippen molar-refractivity contribution in [1.29, 1.82) is 0 Å². The molecule has 0 radical (unpaired) electrons. The summed E-state index contributed by atoms with van der Waals surface area (Å²) in [6.45, 7) is 6.54. The van der Waals surface area contributed by atoms with Gasteiger partial charge in [-0.05, 0) is 51.3 Å². The number of aryl methyl sites for hydroxylation is 2. The van der Waals surface area contributed by atoms with Crippen LogP contribution < -0.4 is 4.90 Å². The first-order chi connectivity index (χ1) is 10.1. The second-order valence-electron chi connectivity index (χ2n) is 6.16. The van der Waals surface area contributed by atoms with E-state index in [0.29, 0.717) is 11.8 Å². The number of anilines is 1. The van der Waals surface area contributed by atoms with Crippen LogP contribution in [0.3, 0.4) is 0 Å². The standard InChI is InChI=1S/C19H23NO/c1-13-8-11-19(21)17(12-13)15(3)20-14(2)9-10-16-6-4-5-7-18(16)20/h4-8,11-12,14-15,21H,9-10H2,1-3H3. The largest absolute Gasteiger partial charge is 0.508 e. The summed E-state index contributed by atoms with van der Waals surface area (Å²) in [6.07, 6.45) is 2.30. The van der Waals surface area contributed by atoms with Crippen LogP contribution in [0, 0.1) is 6.92 Å². The number of fused-ring (bicyclic) bond motifs is 1. The Morgan fingerprint density at radius 2 is 1.95 bits per heavy atom. The quantitative estimate of drug-likeness (QED) is 0.869. The van der Waals surface area contributed by atoms with Crippen molar-refractivity contribution in [3.63, 3.8) is 0 Å². The highest BCUT2D eigenvalue weighted by Gasteiger charge is 2.28. The van der Waals surface area contributed by atoms with Gasteiger partial charge in [-0.25, -0.2) is 0 Å². The number of phenolic OH excluding ortho intramolecular Hbond substituents is 1. The highest BCUT2D eigenvalue weighted by Crippen LogP contribution is 2.39. The molecule has 3 rings (SSSR count). The summed E-state index contributed by atoms with van der Waals surface area (Å²) in [4.78, 5) is 2.45. The maximum absolute atomic E-state index is 10.2. The van der Waals surface area contributed by atoms with Crippen molar-refractivity contribution in [3.05, 3.63) is 59.2 Å². The van der Waals surface area contributed by atoms with E-state index in [1.54, 1.807) is 0 Å². The lowest BCUT2D eigenvalue weighted by molar-refractivity contribution is 0.449. The van der Waals surface area contributed by atoms with E-state index in [0.717, 1.165) is 18.4 Å². The first-order valence-corrected chi connectivity index (χ1v) is 7.73. The number of benzene rings is 2. The van der Waals surface area contributed by atoms with Crippen molar-refractivity contribution in [2.24, 2.45) is 0 Å². The van der Waals surface area contributed by atoms with Crippen molar-refractivity contribution >= 4 is 5.69 Å². The molecule has 1 N–H and O–H groups in total. The Balaban J connectivity index is 2.04. The van der Waals surface area contributed by atoms with E-state index < -0.39 is 0 Å². The van der Waals surface area contributed by atoms with Crippen LogP contribution in [-0.4, -0.2) is 11.1 Å². The van der Waals surface area contributed by atoms with Gasteiger partial charge in [0, 0.05) is 17.3 Å². The van der Waals surface area contributed by atoms with E-state index in [1.807, 2.05) is 12.1 Å². The van der Waals surface area contributed by atoms with Gasteiger partial charge in [-0.1, -0.05) is 35.9 Å². The van der Waals surface area contributed by atoms with Gasteiger partial charge in [0.1, 0.15) is 5.75 Å². The molecule has 1 aliphatic heterocycles. The topological polar surface area (TPSA) is 23.5 Å². The van der Waals surface area contributed by atoms with Gasteiger partial charge in [-0.2, -0.15) is 0 Å². The lowest BCUT2D eigenvalue weighted by Crippen LogP contribution is -2.39. The zero-order valence-electron chi connectivity index (χ0n) is 13.0. The average Bonchev–Trinajstić information content (AvgIpc) is 2.49. The minimum absolute atomic E-state index is 0.168. The summed E-state index contributed by atoms with van der Waals surface area (Å²) in [5.74, 6) is 0.392. The van der Waals surface area contributed by atoms with Crippen LogP contribution in [0.2, 0.25) is 0 Å². The van der Waals surface area contributed by atoms with E-state index in [-0.39, 0.29) is 6.04 Å². The highest BCUT2D eigenvalue weighted by molar-refractivity contribution is 5.59. The summed E-state index contributed by atoms with van der Waals surface area (Å²) in [7, 11) is 0. The third kappa shape index (κ3) is 2.51. The van der Waals surface area contributed by atoms with Gasteiger partial charge >= 0.3 is 0 Å². The van der Waals surface area contributed by atoms with Crippen LogP contribution in [0.5, 0.6) is 5.75 Å². The predicted molar refractivity (Wildman–Crippen MR) is 88.0 cm³/mol. The monoisotopic (exact) mass is 281 g/mol. The first kappa shape index (κ1) is 14.0. The van der Waals surface area contributed by atoms with Crippen LogP contribution in [0.1, 0.15) is 43.0 Å². The molecule has 0 saturated carbocycles. The van der Waals surface area contributed by atoms with Gasteiger partial charge in [0.25, 0.3) is 0 Å². The minimum atomic E-state index is 0.168. The van der Waals surface area contributed by atoms with Gasteiger partial charge in [0.05, 0.1) is 6.04 Å². The van der Waals surface area contributed by atoms with Crippen molar-refractivity contribution in [1.82, 2.24) is 0 Å². The van der Waals surface area contributed by atoms with E-state index in [4.69, 9.17) is 0 Å². The molecule has 2 heteroatoms. The van der Waals surface area contributed by atoms with E-state index in [1.165, 1.54) is 16.8 Å². The molecule has 0 aliphatic carbocycles. The van der Waals surface area contributed by atoms with Gasteiger partial charge in [0.15, 0.2) is 0 Å². The number of hydrogen-bond acceptors (Lipinski definition) is 2. The molecule has 21 heavy (non-hydrogen) atoms. The number of phenols is 1. The smallest absolute Gasteiger partial charge is 0.120 e. The molecule has 2 aromatic carbocycles. The fourth-order valence-corrected chi connectivity index (χ4v) is 3.46. The second kappa shape index (κ2) is 5.44. The summed E-state index contributed by atoms with van der Waals surface area (Å²) >= 11 is 0. The Morgan fingerprint density at radius 3 is 2.76 bits per heavy atom. The average molecular weight is 281 g/mol. The molecule has 1 aliphatic rings. The number of rotatable bonds is 2. The normalized spacial score (nSPS) is 19.2. The molecule has 1 heterocycles. The summed E-state index contributed by atoms with van der Waals surface area (Å²) in [5, 5.41) is 10.2. The Morgan fingerprint density at radius 1 is 1.19 bits per heavy atom. The van der Waals surface area contributed by atoms with E-state index in [9.17, 15) is 5.11 Å². The minimum Gasteiger partial charge on any atom is -0.508 e. The van der Waals surface area contributed by atoms with Gasteiger partial charge in [0.2, 0.25) is 0 Å². The van der Waals surface area contributed by atoms with Crippen LogP contribution in [0.15, 0.2) is 42.5 Å². The molecule has 0 fully saturated rings. The molecule has 0 aromatic heterocycles. The fraction of sp³-hybridized carbons (Fsp3) is 0.368. The molecule has 2 unspecified atom stereocenters. The SMILES string of the molecule is Cc1ccc(O)c(C(C)N2c3ccccc3CCC2C)c1. The maximum atomic E-state index is 10.2. The molecule has 0 saturated heterocycles. The van der Waals surface area contributed by atoms with Crippen molar-refractivity contribution in [2.45, 2.75) is 45.7 Å². The van der Waals surface area contributed by atoms with Crippen molar-refractivity contribution < 1.29 is 5.11 Å².